The van der Waals surface area contributed by atoms with Crippen LogP contribution in [0.2, 0.25) is 0 Å². The first kappa shape index (κ1) is 23.8. The zero-order valence-corrected chi connectivity index (χ0v) is 22.1. The molecule has 2 saturated carbocycles. The Bertz CT molecular complexity index is 859. The van der Waals surface area contributed by atoms with Crippen LogP contribution >= 0.6 is 22.6 Å². The van der Waals surface area contributed by atoms with Crippen LogP contribution in [0.3, 0.4) is 0 Å². The average Bonchev–Trinajstić information content (AvgIpc) is 3.54. The van der Waals surface area contributed by atoms with E-state index in [1.807, 2.05) is 4.90 Å². The van der Waals surface area contributed by atoms with Crippen LogP contribution < -0.4 is 0 Å². The molecule has 7 heteroatoms. The van der Waals surface area contributed by atoms with Gasteiger partial charge < -0.3 is 14.7 Å². The molecule has 32 heavy (non-hydrogen) atoms. The summed E-state index contributed by atoms with van der Waals surface area (Å²) in [6.07, 6.45) is 6.97. The highest BCUT2D eigenvalue weighted by Crippen LogP contribution is 2.50. The third-order valence-corrected chi connectivity index (χ3v) is 8.69. The Morgan fingerprint density at radius 2 is 1.81 bits per heavy atom. The number of nitrogens with zero attached hydrogens (tertiary/aromatic N) is 4. The molecular weight excluding hydrogens is 515 g/mol. The minimum Gasteiger partial charge on any atom is -0.349 e. The number of hydrogen-bond donors (Lipinski definition) is 0. The van der Waals surface area contributed by atoms with Crippen molar-refractivity contribution in [3.63, 3.8) is 0 Å². The Morgan fingerprint density at radius 1 is 1.12 bits per heavy atom. The SMILES string of the molecule is CN(C)C(=O)CCN1CC2(CCC(c3cccc(I)c3)(N(C)C)CC2)N(CC2CC2)C1=O. The van der Waals surface area contributed by atoms with Crippen molar-refractivity contribution in [2.24, 2.45) is 5.92 Å². The lowest BCUT2D eigenvalue weighted by molar-refractivity contribution is -0.128. The summed E-state index contributed by atoms with van der Waals surface area (Å²) in [6.45, 7) is 2.17. The van der Waals surface area contributed by atoms with Crippen LogP contribution in [0.5, 0.6) is 0 Å². The summed E-state index contributed by atoms with van der Waals surface area (Å²) in [5, 5.41) is 0. The molecule has 2 aliphatic carbocycles. The number of carbonyl (C=O) groups is 2. The molecule has 0 radical (unpaired) electrons. The van der Waals surface area contributed by atoms with Gasteiger partial charge in [0.1, 0.15) is 0 Å². The predicted octanol–water partition coefficient (Wildman–Crippen LogP) is 3.99. The van der Waals surface area contributed by atoms with E-state index >= 15 is 0 Å². The molecule has 1 heterocycles. The van der Waals surface area contributed by atoms with Gasteiger partial charge in [0.15, 0.2) is 0 Å². The lowest BCUT2D eigenvalue weighted by Crippen LogP contribution is -2.55. The standard InChI is InChI=1S/C25H37IN4O2/c1-27(2)22(31)10-15-29-18-24(30(23(29)32)17-19-8-9-19)11-13-25(14-12-24,28(3)4)20-6-5-7-21(26)16-20/h5-7,16,19H,8-15,17-18H2,1-4H3. The van der Waals surface area contributed by atoms with Crippen molar-refractivity contribution in [3.05, 3.63) is 33.4 Å². The first-order valence-corrected chi connectivity index (χ1v) is 12.9. The Kier molecular flexibility index (Phi) is 6.78. The first-order chi connectivity index (χ1) is 15.2. The molecule has 0 N–H and O–H groups in total. The fourth-order valence-corrected chi connectivity index (χ4v) is 6.21. The molecule has 0 atom stereocenters. The Morgan fingerprint density at radius 3 is 2.38 bits per heavy atom. The summed E-state index contributed by atoms with van der Waals surface area (Å²) < 4.78 is 1.27. The van der Waals surface area contributed by atoms with Crippen LogP contribution in [0.1, 0.15) is 50.5 Å². The van der Waals surface area contributed by atoms with Crippen LogP contribution in [0.25, 0.3) is 0 Å². The van der Waals surface area contributed by atoms with Crippen LogP contribution in [0, 0.1) is 9.49 Å². The third kappa shape index (κ3) is 4.52. The second-order valence-corrected chi connectivity index (χ2v) is 11.7. The minimum absolute atomic E-state index is 0.00897. The quantitative estimate of drug-likeness (QED) is 0.481. The second kappa shape index (κ2) is 9.12. The number of rotatable bonds is 7. The van der Waals surface area contributed by atoms with Crippen LogP contribution in [-0.4, -0.2) is 84.9 Å². The number of hydrogen-bond acceptors (Lipinski definition) is 3. The van der Waals surface area contributed by atoms with Crippen molar-refractivity contribution >= 4 is 34.5 Å². The summed E-state index contributed by atoms with van der Waals surface area (Å²) in [5.74, 6) is 0.747. The molecule has 1 saturated heterocycles. The molecule has 3 amide bonds. The predicted molar refractivity (Wildman–Crippen MR) is 135 cm³/mol. The van der Waals surface area contributed by atoms with E-state index in [2.05, 4.69) is 70.8 Å². The van der Waals surface area contributed by atoms with Gasteiger partial charge in [0.25, 0.3) is 0 Å². The van der Waals surface area contributed by atoms with Crippen molar-refractivity contribution < 1.29 is 9.59 Å². The van der Waals surface area contributed by atoms with Crippen molar-refractivity contribution in [2.45, 2.75) is 56.0 Å². The van der Waals surface area contributed by atoms with Gasteiger partial charge in [0.2, 0.25) is 5.91 Å². The smallest absolute Gasteiger partial charge is 0.320 e. The Hall–Kier alpha value is -1.35. The summed E-state index contributed by atoms with van der Waals surface area (Å²) in [7, 11) is 7.95. The summed E-state index contributed by atoms with van der Waals surface area (Å²) in [4.78, 5) is 33.8. The lowest BCUT2D eigenvalue weighted by atomic mass is 9.68. The number of amides is 3. The van der Waals surface area contributed by atoms with Gasteiger partial charge in [-0.25, -0.2) is 4.79 Å². The van der Waals surface area contributed by atoms with Crippen molar-refractivity contribution in [1.29, 1.82) is 0 Å². The molecule has 176 valence electrons. The van der Waals surface area contributed by atoms with Gasteiger partial charge in [-0.2, -0.15) is 0 Å². The molecule has 0 bridgehead atoms. The highest BCUT2D eigenvalue weighted by Gasteiger charge is 2.55. The first-order valence-electron chi connectivity index (χ1n) is 11.9. The fourth-order valence-electron chi connectivity index (χ4n) is 5.67. The van der Waals surface area contributed by atoms with Gasteiger partial charge >= 0.3 is 6.03 Å². The topological polar surface area (TPSA) is 47.1 Å². The van der Waals surface area contributed by atoms with Gasteiger partial charge in [-0.3, -0.25) is 9.69 Å². The molecule has 3 aliphatic rings. The highest BCUT2D eigenvalue weighted by molar-refractivity contribution is 14.1. The maximum Gasteiger partial charge on any atom is 0.320 e. The monoisotopic (exact) mass is 552 g/mol. The largest absolute Gasteiger partial charge is 0.349 e. The summed E-state index contributed by atoms with van der Waals surface area (Å²) in [5.41, 5.74) is 1.30. The molecule has 1 aromatic rings. The normalized spacial score (nSPS) is 28.1. The second-order valence-electron chi connectivity index (χ2n) is 10.5. The van der Waals surface area contributed by atoms with Gasteiger partial charge in [-0.15, -0.1) is 0 Å². The maximum atomic E-state index is 13.4. The van der Waals surface area contributed by atoms with Crippen LogP contribution in [-0.2, 0) is 10.3 Å². The van der Waals surface area contributed by atoms with Crippen LogP contribution in [0.15, 0.2) is 24.3 Å². The summed E-state index contributed by atoms with van der Waals surface area (Å²) in [6, 6.07) is 9.04. The lowest BCUT2D eigenvalue weighted by Gasteiger charge is -2.51. The highest BCUT2D eigenvalue weighted by atomic mass is 127. The maximum absolute atomic E-state index is 13.4. The number of carbonyl (C=O) groups excluding carboxylic acids is 2. The van der Waals surface area contributed by atoms with E-state index in [-0.39, 0.29) is 23.0 Å². The molecule has 1 spiro atoms. The van der Waals surface area contributed by atoms with E-state index in [1.54, 1.807) is 19.0 Å². The summed E-state index contributed by atoms with van der Waals surface area (Å²) >= 11 is 2.40. The van der Waals surface area contributed by atoms with E-state index in [0.29, 0.717) is 18.9 Å². The van der Waals surface area contributed by atoms with Crippen LogP contribution in [0.4, 0.5) is 4.79 Å². The van der Waals surface area contributed by atoms with Crippen molar-refractivity contribution in [1.82, 2.24) is 19.6 Å². The average molecular weight is 553 g/mol. The van der Waals surface area contributed by atoms with E-state index < -0.39 is 0 Å². The number of halogens is 1. The number of urea groups is 1. The Labute approximate surface area is 206 Å². The Balaban J connectivity index is 1.55. The zero-order chi connectivity index (χ0) is 23.1. The molecule has 4 rings (SSSR count). The van der Waals surface area contributed by atoms with E-state index in [9.17, 15) is 9.59 Å². The van der Waals surface area contributed by atoms with Gasteiger partial charge in [-0.1, -0.05) is 12.1 Å². The molecule has 1 aromatic carbocycles. The van der Waals surface area contributed by atoms with Gasteiger partial charge in [-0.05, 0) is 98.8 Å². The third-order valence-electron chi connectivity index (χ3n) is 8.02. The molecule has 0 unspecified atom stereocenters. The number of benzene rings is 1. The van der Waals surface area contributed by atoms with Gasteiger partial charge in [0, 0.05) is 49.3 Å². The molecule has 3 fully saturated rings. The zero-order valence-electron chi connectivity index (χ0n) is 19.9. The van der Waals surface area contributed by atoms with E-state index in [0.717, 1.165) is 38.8 Å². The molecular formula is C25H37IN4O2. The molecule has 0 aromatic heterocycles. The fraction of sp³-hybridized carbons (Fsp3) is 0.680. The van der Waals surface area contributed by atoms with E-state index in [4.69, 9.17) is 0 Å². The van der Waals surface area contributed by atoms with E-state index in [1.165, 1.54) is 22.0 Å². The molecule has 6 nitrogen and oxygen atoms in total. The van der Waals surface area contributed by atoms with Gasteiger partial charge in [0.05, 0.1) is 5.54 Å². The van der Waals surface area contributed by atoms with Crippen molar-refractivity contribution in [2.75, 3.05) is 47.8 Å². The molecule has 1 aliphatic heterocycles. The minimum atomic E-state index is -0.0950. The van der Waals surface area contributed by atoms with Crippen molar-refractivity contribution in [3.8, 4) is 0 Å².